The van der Waals surface area contributed by atoms with Gasteiger partial charge in [0.05, 0.1) is 24.9 Å². The average molecular weight is 795 g/mol. The molecule has 0 aliphatic heterocycles. The molecule has 0 aromatic rings. The van der Waals surface area contributed by atoms with Crippen LogP contribution in [0.15, 0.2) is 12.2 Å². The Kier molecular flexibility index (Phi) is 34.3. The van der Waals surface area contributed by atoms with Crippen LogP contribution >= 0.6 is 0 Å². The lowest BCUT2D eigenvalue weighted by Crippen LogP contribution is -2.28. The fourth-order valence-electron chi connectivity index (χ4n) is 8.16. The van der Waals surface area contributed by atoms with Crippen molar-refractivity contribution in [3.63, 3.8) is 0 Å². The molecule has 4 N–H and O–H groups in total. The molecule has 1 unspecified atom stereocenters. The quantitative estimate of drug-likeness (QED) is 0.0275. The van der Waals surface area contributed by atoms with Crippen LogP contribution in [0, 0.1) is 17.8 Å². The van der Waals surface area contributed by atoms with Crippen LogP contribution in [0.5, 0.6) is 0 Å². The normalized spacial score (nSPS) is 20.1. The molecule has 8 heteroatoms. The van der Waals surface area contributed by atoms with Crippen molar-refractivity contribution >= 4 is 11.9 Å². The maximum atomic E-state index is 12.3. The first-order valence-corrected chi connectivity index (χ1v) is 23.9. The van der Waals surface area contributed by atoms with Crippen molar-refractivity contribution in [1.29, 1.82) is 0 Å². The molecular weight excluding hydrogens is 705 g/mol. The summed E-state index contributed by atoms with van der Waals surface area (Å²) in [7, 11) is 0. The van der Waals surface area contributed by atoms with Crippen LogP contribution in [-0.2, 0) is 19.1 Å². The fraction of sp³-hybridized carbons (Fsp3) is 0.917. The third-order valence-electron chi connectivity index (χ3n) is 12.2. The predicted molar refractivity (Wildman–Crippen MR) is 230 cm³/mol. The van der Waals surface area contributed by atoms with Gasteiger partial charge in [-0.2, -0.15) is 0 Å². The first kappa shape index (κ1) is 52.5. The molecule has 0 aromatic heterocycles. The standard InChI is InChI=1S/C48H90O8/c1-4-6-25-31-41(50)35-36-44-43(45(51)37-46(44)52)32-27-23-24-28-33-47(53)55-39-42(38-49)56-48(54)34-29-22-20-18-16-14-12-10-8-7-9-11-13-15-17-19-21-26-30-40(3)5-2/h35-36,40-46,49-52H,4-34,37-39H2,1-3H3/b36-35+/t40?,41-,42-,43+,44+,45-,46+/m0/s1. The molecule has 1 rings (SSSR count). The number of aliphatic hydroxyl groups excluding tert-OH is 4. The fourth-order valence-corrected chi connectivity index (χ4v) is 8.16. The topological polar surface area (TPSA) is 134 Å². The summed E-state index contributed by atoms with van der Waals surface area (Å²) in [4.78, 5) is 24.6. The summed E-state index contributed by atoms with van der Waals surface area (Å²) in [6.45, 7) is 6.29. The molecule has 0 aromatic carbocycles. The van der Waals surface area contributed by atoms with Crippen LogP contribution in [0.2, 0.25) is 0 Å². The third kappa shape index (κ3) is 28.8. The van der Waals surface area contributed by atoms with Gasteiger partial charge < -0.3 is 29.9 Å². The van der Waals surface area contributed by atoms with Crippen LogP contribution in [0.25, 0.3) is 0 Å². The van der Waals surface area contributed by atoms with Gasteiger partial charge in [0.25, 0.3) is 0 Å². The predicted octanol–water partition coefficient (Wildman–Crippen LogP) is 11.5. The summed E-state index contributed by atoms with van der Waals surface area (Å²) in [6.07, 6.45) is 36.3. The summed E-state index contributed by atoms with van der Waals surface area (Å²) in [6, 6.07) is 0. The smallest absolute Gasteiger partial charge is 0.306 e. The molecule has 0 amide bonds. The van der Waals surface area contributed by atoms with E-state index in [1.54, 1.807) is 6.08 Å². The van der Waals surface area contributed by atoms with E-state index >= 15 is 0 Å². The van der Waals surface area contributed by atoms with Crippen LogP contribution < -0.4 is 0 Å². The highest BCUT2D eigenvalue weighted by molar-refractivity contribution is 5.70. The van der Waals surface area contributed by atoms with Gasteiger partial charge in [-0.3, -0.25) is 9.59 Å². The number of hydrogen-bond acceptors (Lipinski definition) is 8. The van der Waals surface area contributed by atoms with E-state index in [1.165, 1.54) is 109 Å². The Balaban J connectivity index is 1.98. The van der Waals surface area contributed by atoms with Gasteiger partial charge in [0.15, 0.2) is 6.10 Å². The van der Waals surface area contributed by atoms with Crippen LogP contribution in [0.1, 0.15) is 226 Å². The summed E-state index contributed by atoms with van der Waals surface area (Å²) >= 11 is 0. The molecule has 330 valence electrons. The highest BCUT2D eigenvalue weighted by Crippen LogP contribution is 2.37. The van der Waals surface area contributed by atoms with Crippen LogP contribution in [0.3, 0.4) is 0 Å². The van der Waals surface area contributed by atoms with Gasteiger partial charge in [0, 0.05) is 25.2 Å². The lowest BCUT2D eigenvalue weighted by molar-refractivity contribution is -0.161. The number of aliphatic hydroxyl groups is 4. The molecule has 7 atom stereocenters. The maximum absolute atomic E-state index is 12.3. The van der Waals surface area contributed by atoms with Crippen LogP contribution in [-0.4, -0.2) is 70.0 Å². The number of hydrogen-bond donors (Lipinski definition) is 4. The summed E-state index contributed by atoms with van der Waals surface area (Å²) in [5.74, 6) is 0.00292. The highest BCUT2D eigenvalue weighted by atomic mass is 16.6. The zero-order chi connectivity index (χ0) is 41.1. The van der Waals surface area contributed by atoms with Gasteiger partial charge in [-0.05, 0) is 37.5 Å². The van der Waals surface area contributed by atoms with E-state index in [4.69, 9.17) is 9.47 Å². The van der Waals surface area contributed by atoms with Crippen molar-refractivity contribution in [2.24, 2.45) is 17.8 Å². The first-order chi connectivity index (χ1) is 27.2. The second-order valence-electron chi connectivity index (χ2n) is 17.4. The van der Waals surface area contributed by atoms with Gasteiger partial charge in [-0.1, -0.05) is 193 Å². The van der Waals surface area contributed by atoms with Crippen molar-refractivity contribution in [2.45, 2.75) is 251 Å². The lowest BCUT2D eigenvalue weighted by Gasteiger charge is -2.21. The maximum Gasteiger partial charge on any atom is 0.306 e. The Bertz CT molecular complexity index is 940. The van der Waals surface area contributed by atoms with Crippen molar-refractivity contribution in [2.75, 3.05) is 13.2 Å². The molecule has 1 fully saturated rings. The Labute approximate surface area is 344 Å². The first-order valence-electron chi connectivity index (χ1n) is 23.9. The molecule has 0 saturated heterocycles. The zero-order valence-corrected chi connectivity index (χ0v) is 36.7. The summed E-state index contributed by atoms with van der Waals surface area (Å²) < 4.78 is 10.6. The van der Waals surface area contributed by atoms with Gasteiger partial charge in [0.2, 0.25) is 0 Å². The minimum absolute atomic E-state index is 0.0322. The molecule has 1 aliphatic rings. The minimum Gasteiger partial charge on any atom is -0.462 e. The van der Waals surface area contributed by atoms with Crippen LogP contribution in [0.4, 0.5) is 0 Å². The molecular formula is C48H90O8. The number of ether oxygens (including phenoxy) is 2. The van der Waals surface area contributed by atoms with Gasteiger partial charge >= 0.3 is 11.9 Å². The zero-order valence-electron chi connectivity index (χ0n) is 36.7. The average Bonchev–Trinajstić information content (AvgIpc) is 3.46. The Hall–Kier alpha value is -1.48. The molecule has 0 bridgehead atoms. The monoisotopic (exact) mass is 795 g/mol. The van der Waals surface area contributed by atoms with Gasteiger partial charge in [-0.25, -0.2) is 0 Å². The number of carbonyl (C=O) groups excluding carboxylic acids is 2. The van der Waals surface area contributed by atoms with E-state index in [0.717, 1.165) is 70.1 Å². The molecule has 0 radical (unpaired) electrons. The van der Waals surface area contributed by atoms with Gasteiger partial charge in [0.1, 0.15) is 6.61 Å². The van der Waals surface area contributed by atoms with E-state index in [9.17, 15) is 30.0 Å². The summed E-state index contributed by atoms with van der Waals surface area (Å²) in [5, 5.41) is 40.9. The number of unbranched alkanes of at least 4 members (excludes halogenated alkanes) is 22. The second-order valence-corrected chi connectivity index (χ2v) is 17.4. The van der Waals surface area contributed by atoms with E-state index in [1.807, 2.05) is 6.08 Å². The Morgan fingerprint density at radius 3 is 1.64 bits per heavy atom. The second kappa shape index (κ2) is 36.6. The third-order valence-corrected chi connectivity index (χ3v) is 12.2. The van der Waals surface area contributed by atoms with Crippen molar-refractivity contribution in [3.05, 3.63) is 12.2 Å². The van der Waals surface area contributed by atoms with Crippen molar-refractivity contribution in [3.8, 4) is 0 Å². The van der Waals surface area contributed by atoms with Crippen molar-refractivity contribution < 1.29 is 39.5 Å². The van der Waals surface area contributed by atoms with Gasteiger partial charge in [-0.15, -0.1) is 0 Å². The van der Waals surface area contributed by atoms with E-state index < -0.39 is 24.4 Å². The number of carbonyl (C=O) groups is 2. The SMILES string of the molecule is CCCCC[C@H](O)/C=C/[C@@H]1[C@@H](CCCCCCC(=O)OC[C@H](CO)OC(=O)CCCCCCCCCCCCCCCCCCCCC(C)CC)[C@@H](O)C[C@H]1O. The van der Waals surface area contributed by atoms with E-state index in [-0.39, 0.29) is 43.4 Å². The molecule has 8 nitrogen and oxygen atoms in total. The number of esters is 2. The molecule has 1 saturated carbocycles. The molecule has 0 spiro atoms. The van der Waals surface area contributed by atoms with Crippen molar-refractivity contribution in [1.82, 2.24) is 0 Å². The lowest BCUT2D eigenvalue weighted by atomic mass is 9.88. The minimum atomic E-state index is -0.835. The summed E-state index contributed by atoms with van der Waals surface area (Å²) in [5.41, 5.74) is 0. The highest BCUT2D eigenvalue weighted by Gasteiger charge is 2.39. The molecule has 1 aliphatic carbocycles. The van der Waals surface area contributed by atoms with E-state index in [0.29, 0.717) is 25.7 Å². The van der Waals surface area contributed by atoms with E-state index in [2.05, 4.69) is 20.8 Å². The molecule has 56 heavy (non-hydrogen) atoms. The molecule has 0 heterocycles. The number of rotatable bonds is 39. The Morgan fingerprint density at radius 1 is 0.643 bits per heavy atom. The largest absolute Gasteiger partial charge is 0.462 e. The Morgan fingerprint density at radius 2 is 1.12 bits per heavy atom.